The number of amides is 3. The molecule has 7 heteroatoms. The molecule has 5 N–H and O–H groups in total. The average Bonchev–Trinajstić information content (AvgIpc) is 2.28. The summed E-state index contributed by atoms with van der Waals surface area (Å²) in [6.45, 7) is -0.412. The van der Waals surface area contributed by atoms with Crippen LogP contribution in [-0.2, 0) is 9.63 Å². The number of carbonyl (C=O) groups is 3. The summed E-state index contributed by atoms with van der Waals surface area (Å²) in [5.41, 5.74) is 12.4. The maximum atomic E-state index is 11.4. The molecular weight excluding hydrogens is 226 g/mol. The highest BCUT2D eigenvalue weighted by Gasteiger charge is 2.07. The minimum absolute atomic E-state index is 0.263. The summed E-state index contributed by atoms with van der Waals surface area (Å²) >= 11 is 0. The molecule has 0 atom stereocenters. The van der Waals surface area contributed by atoms with Gasteiger partial charge in [-0.3, -0.25) is 19.2 Å². The van der Waals surface area contributed by atoms with Crippen LogP contribution >= 0.6 is 0 Å². The highest BCUT2D eigenvalue weighted by atomic mass is 16.7. The minimum atomic E-state index is -0.700. The van der Waals surface area contributed by atoms with Gasteiger partial charge in [0.1, 0.15) is 0 Å². The molecule has 0 saturated heterocycles. The fourth-order valence-electron chi connectivity index (χ4n) is 1.02. The van der Waals surface area contributed by atoms with E-state index < -0.39 is 24.3 Å². The van der Waals surface area contributed by atoms with Crippen LogP contribution in [0.1, 0.15) is 20.7 Å². The summed E-state index contributed by atoms with van der Waals surface area (Å²) in [5.74, 6) is -1.83. The molecule has 0 aromatic heterocycles. The summed E-state index contributed by atoms with van der Waals surface area (Å²) in [7, 11) is 0. The third kappa shape index (κ3) is 3.92. The maximum Gasteiger partial charge on any atom is 0.274 e. The molecule has 7 nitrogen and oxygen atoms in total. The van der Waals surface area contributed by atoms with Crippen molar-refractivity contribution < 1.29 is 19.2 Å². The lowest BCUT2D eigenvalue weighted by molar-refractivity contribution is -0.124. The summed E-state index contributed by atoms with van der Waals surface area (Å²) in [6, 6.07) is 5.63. The molecule has 0 spiro atoms. The van der Waals surface area contributed by atoms with Gasteiger partial charge in [-0.1, -0.05) is 0 Å². The SMILES string of the molecule is NC(=O)CONC(=O)c1ccc(C(N)=O)cc1. The zero-order chi connectivity index (χ0) is 12.8. The summed E-state index contributed by atoms with van der Waals surface area (Å²) in [4.78, 5) is 37.0. The van der Waals surface area contributed by atoms with Gasteiger partial charge in [0.25, 0.3) is 5.91 Å². The lowest BCUT2D eigenvalue weighted by atomic mass is 10.1. The molecule has 90 valence electrons. The number of carbonyl (C=O) groups excluding carboxylic acids is 3. The van der Waals surface area contributed by atoms with Crippen molar-refractivity contribution in [2.45, 2.75) is 0 Å². The van der Waals surface area contributed by atoms with Crippen LogP contribution in [0.15, 0.2) is 24.3 Å². The molecule has 3 amide bonds. The molecule has 1 rings (SSSR count). The van der Waals surface area contributed by atoms with E-state index in [9.17, 15) is 14.4 Å². The average molecular weight is 237 g/mol. The molecule has 0 aliphatic heterocycles. The largest absolute Gasteiger partial charge is 0.368 e. The van der Waals surface area contributed by atoms with Crippen molar-refractivity contribution in [3.05, 3.63) is 35.4 Å². The Bertz CT molecular complexity index is 441. The van der Waals surface area contributed by atoms with E-state index in [1.54, 1.807) is 0 Å². The Balaban J connectivity index is 2.57. The Morgan fingerprint density at radius 1 is 1.06 bits per heavy atom. The van der Waals surface area contributed by atoms with Gasteiger partial charge in [-0.05, 0) is 24.3 Å². The normalized spacial score (nSPS) is 9.65. The molecule has 0 heterocycles. The second-order valence-electron chi connectivity index (χ2n) is 3.13. The number of primary amides is 2. The highest BCUT2D eigenvalue weighted by molar-refractivity contribution is 5.96. The molecule has 0 aliphatic carbocycles. The Labute approximate surface area is 96.7 Å². The van der Waals surface area contributed by atoms with E-state index in [4.69, 9.17) is 11.5 Å². The zero-order valence-electron chi connectivity index (χ0n) is 8.80. The van der Waals surface area contributed by atoms with E-state index >= 15 is 0 Å². The first-order chi connectivity index (χ1) is 8.00. The molecule has 1 aromatic rings. The molecule has 0 saturated carbocycles. The van der Waals surface area contributed by atoms with E-state index in [0.29, 0.717) is 5.56 Å². The molecule has 0 fully saturated rings. The van der Waals surface area contributed by atoms with Gasteiger partial charge in [0.15, 0.2) is 6.61 Å². The summed E-state index contributed by atoms with van der Waals surface area (Å²) in [6.07, 6.45) is 0. The van der Waals surface area contributed by atoms with Gasteiger partial charge < -0.3 is 11.5 Å². The maximum absolute atomic E-state index is 11.4. The van der Waals surface area contributed by atoms with Crippen LogP contribution in [0.2, 0.25) is 0 Å². The lowest BCUT2D eigenvalue weighted by Crippen LogP contribution is -2.29. The monoisotopic (exact) mass is 237 g/mol. The van der Waals surface area contributed by atoms with Crippen molar-refractivity contribution in [2.75, 3.05) is 6.61 Å². The topological polar surface area (TPSA) is 125 Å². The van der Waals surface area contributed by atoms with E-state index in [0.717, 1.165) is 0 Å². The summed E-state index contributed by atoms with van der Waals surface area (Å²) < 4.78 is 0. The first-order valence-electron chi connectivity index (χ1n) is 4.61. The van der Waals surface area contributed by atoms with Crippen LogP contribution in [0.25, 0.3) is 0 Å². The lowest BCUT2D eigenvalue weighted by Gasteiger charge is -2.04. The van der Waals surface area contributed by atoms with Crippen molar-refractivity contribution in [3.63, 3.8) is 0 Å². The predicted octanol–water partition coefficient (Wildman–Crippen LogP) is -1.07. The molecule has 0 radical (unpaired) electrons. The summed E-state index contributed by atoms with van der Waals surface area (Å²) in [5, 5.41) is 0. The quantitative estimate of drug-likeness (QED) is 0.564. The first-order valence-corrected chi connectivity index (χ1v) is 4.61. The smallest absolute Gasteiger partial charge is 0.274 e. The van der Waals surface area contributed by atoms with Gasteiger partial charge in [0.2, 0.25) is 11.8 Å². The Morgan fingerprint density at radius 2 is 1.59 bits per heavy atom. The Hall–Kier alpha value is -2.41. The minimum Gasteiger partial charge on any atom is -0.368 e. The third-order valence-corrected chi connectivity index (χ3v) is 1.81. The first kappa shape index (κ1) is 12.7. The fourth-order valence-corrected chi connectivity index (χ4v) is 1.02. The van der Waals surface area contributed by atoms with Crippen molar-refractivity contribution >= 4 is 17.7 Å². The van der Waals surface area contributed by atoms with Crippen LogP contribution in [-0.4, -0.2) is 24.3 Å². The number of hydrogen-bond donors (Lipinski definition) is 3. The highest BCUT2D eigenvalue weighted by Crippen LogP contribution is 2.03. The molecule has 0 bridgehead atoms. The van der Waals surface area contributed by atoms with Gasteiger partial charge in [0.05, 0.1) is 0 Å². The second-order valence-corrected chi connectivity index (χ2v) is 3.13. The number of hydroxylamine groups is 1. The van der Waals surface area contributed by atoms with E-state index in [-0.39, 0.29) is 5.56 Å². The molecule has 1 aromatic carbocycles. The second kappa shape index (κ2) is 5.61. The van der Waals surface area contributed by atoms with Crippen LogP contribution in [0.4, 0.5) is 0 Å². The van der Waals surface area contributed by atoms with Crippen LogP contribution in [0.3, 0.4) is 0 Å². The van der Waals surface area contributed by atoms with Gasteiger partial charge in [-0.2, -0.15) is 0 Å². The van der Waals surface area contributed by atoms with E-state index in [1.807, 2.05) is 5.48 Å². The van der Waals surface area contributed by atoms with Crippen molar-refractivity contribution in [1.82, 2.24) is 5.48 Å². The molecule has 17 heavy (non-hydrogen) atoms. The van der Waals surface area contributed by atoms with Crippen molar-refractivity contribution in [3.8, 4) is 0 Å². The van der Waals surface area contributed by atoms with Crippen LogP contribution < -0.4 is 16.9 Å². The molecule has 0 aliphatic rings. The third-order valence-electron chi connectivity index (χ3n) is 1.81. The Morgan fingerprint density at radius 3 is 2.06 bits per heavy atom. The number of nitrogens with one attached hydrogen (secondary N) is 1. The molecular formula is C10H11N3O4. The number of benzene rings is 1. The van der Waals surface area contributed by atoms with Crippen molar-refractivity contribution in [1.29, 1.82) is 0 Å². The van der Waals surface area contributed by atoms with E-state index in [2.05, 4.69) is 4.84 Å². The molecule has 0 unspecified atom stereocenters. The van der Waals surface area contributed by atoms with Crippen molar-refractivity contribution in [2.24, 2.45) is 11.5 Å². The fraction of sp³-hybridized carbons (Fsp3) is 0.100. The van der Waals surface area contributed by atoms with Gasteiger partial charge in [-0.15, -0.1) is 0 Å². The number of hydrogen-bond acceptors (Lipinski definition) is 4. The standard InChI is InChI=1S/C10H11N3O4/c11-8(14)5-17-13-10(16)7-3-1-6(2-4-7)9(12)15/h1-4H,5H2,(H2,11,14)(H2,12,15)(H,13,16). The van der Waals surface area contributed by atoms with Gasteiger partial charge in [0, 0.05) is 11.1 Å². The Kier molecular flexibility index (Phi) is 4.18. The van der Waals surface area contributed by atoms with Crippen LogP contribution in [0.5, 0.6) is 0 Å². The zero-order valence-corrected chi connectivity index (χ0v) is 8.80. The number of rotatable bonds is 5. The van der Waals surface area contributed by atoms with Gasteiger partial charge in [-0.25, -0.2) is 5.48 Å². The van der Waals surface area contributed by atoms with E-state index in [1.165, 1.54) is 24.3 Å². The predicted molar refractivity (Wildman–Crippen MR) is 57.6 cm³/mol. The van der Waals surface area contributed by atoms with Crippen LogP contribution in [0, 0.1) is 0 Å². The number of nitrogens with two attached hydrogens (primary N) is 2. The van der Waals surface area contributed by atoms with Gasteiger partial charge >= 0.3 is 0 Å².